The van der Waals surface area contributed by atoms with Gasteiger partial charge in [-0.15, -0.1) is 0 Å². The highest BCUT2D eigenvalue weighted by Gasteiger charge is 2.16. The highest BCUT2D eigenvalue weighted by Crippen LogP contribution is 2.33. The minimum Gasteiger partial charge on any atom is -0.489 e. The number of aromatic nitrogens is 4. The van der Waals surface area contributed by atoms with Crippen LogP contribution in [0.2, 0.25) is 10.2 Å². The van der Waals surface area contributed by atoms with Gasteiger partial charge < -0.3 is 18.9 Å². The Morgan fingerprint density at radius 2 is 1.09 bits per heavy atom. The lowest BCUT2D eigenvalue weighted by atomic mass is 10.1. The maximum Gasteiger partial charge on any atom is 0.411 e. The molecule has 12 nitrogen and oxygen atoms in total. The van der Waals surface area contributed by atoms with Gasteiger partial charge in [0.25, 0.3) is 0 Å². The van der Waals surface area contributed by atoms with E-state index in [0.29, 0.717) is 34.8 Å². The van der Waals surface area contributed by atoms with Gasteiger partial charge in [-0.2, -0.15) is 10.2 Å². The Hall–Kier alpha value is -5.98. The van der Waals surface area contributed by atoms with Crippen molar-refractivity contribution in [1.82, 2.24) is 19.6 Å². The molecule has 0 atom stereocenters. The third kappa shape index (κ3) is 9.81. The molecule has 2 heterocycles. The number of rotatable bonds is 10. The summed E-state index contributed by atoms with van der Waals surface area (Å²) in [6.45, 7) is 8.47. The monoisotopic (exact) mass is 798 g/mol. The number of anilines is 2. The lowest BCUT2D eigenvalue weighted by Crippen LogP contribution is -2.13. The Morgan fingerprint density at radius 3 is 1.48 bits per heavy atom. The van der Waals surface area contributed by atoms with E-state index in [0.717, 1.165) is 67.5 Å². The van der Waals surface area contributed by atoms with E-state index in [4.69, 9.17) is 32.7 Å². The lowest BCUT2D eigenvalue weighted by molar-refractivity contribution is 0.186. The van der Waals surface area contributed by atoms with E-state index in [1.807, 2.05) is 115 Å². The number of nitrogens with one attached hydrogen (secondary N) is 2. The number of amides is 2. The maximum absolute atomic E-state index is 11.5. The van der Waals surface area contributed by atoms with E-state index in [2.05, 4.69) is 30.3 Å². The normalized spacial score (nSPS) is 10.6. The van der Waals surface area contributed by atoms with Gasteiger partial charge in [0.1, 0.15) is 35.6 Å². The Labute approximate surface area is 336 Å². The SMILES string of the molecule is COC(=O)Nc1ccccc1COc1ccc(-c2nn(C)c(C)c2Cl)cc1C.COC(=O)Nc1ccccc1COc1ccc(-c2nn(C)c(Cl)c2C)cc1C. The van der Waals surface area contributed by atoms with E-state index >= 15 is 0 Å². The molecule has 2 N–H and O–H groups in total. The second kappa shape index (κ2) is 18.6. The van der Waals surface area contributed by atoms with E-state index in [-0.39, 0.29) is 0 Å². The molecule has 2 amide bonds. The summed E-state index contributed by atoms with van der Waals surface area (Å²) in [6.07, 6.45) is -1.03. The van der Waals surface area contributed by atoms with Crippen molar-refractivity contribution in [1.29, 1.82) is 0 Å². The van der Waals surface area contributed by atoms with Gasteiger partial charge >= 0.3 is 12.2 Å². The average Bonchev–Trinajstić information content (AvgIpc) is 3.61. The number of nitrogens with zero attached hydrogens (tertiary/aromatic N) is 4. The number of aryl methyl sites for hydroxylation is 4. The molecular weight excluding hydrogens is 755 g/mol. The summed E-state index contributed by atoms with van der Waals surface area (Å²) >= 11 is 12.6. The molecule has 0 bridgehead atoms. The van der Waals surface area contributed by atoms with Gasteiger partial charge in [0.05, 0.1) is 42.0 Å². The van der Waals surface area contributed by atoms with Crippen molar-refractivity contribution in [2.24, 2.45) is 14.1 Å². The van der Waals surface area contributed by atoms with Gasteiger partial charge in [0, 0.05) is 41.9 Å². The minimum absolute atomic E-state index is 0.309. The summed E-state index contributed by atoms with van der Waals surface area (Å²) in [4.78, 5) is 23.0. The first-order chi connectivity index (χ1) is 26.8. The van der Waals surface area contributed by atoms with Gasteiger partial charge in [-0.05, 0) is 87.4 Å². The van der Waals surface area contributed by atoms with Crippen molar-refractivity contribution >= 4 is 46.8 Å². The van der Waals surface area contributed by atoms with Crippen LogP contribution in [0.25, 0.3) is 22.5 Å². The van der Waals surface area contributed by atoms with Crippen LogP contribution in [0.15, 0.2) is 84.9 Å². The summed E-state index contributed by atoms with van der Waals surface area (Å²) in [5.41, 5.74) is 10.4. The van der Waals surface area contributed by atoms with Crippen molar-refractivity contribution in [3.63, 3.8) is 0 Å². The molecule has 4 aromatic carbocycles. The number of halogens is 2. The van der Waals surface area contributed by atoms with Crippen LogP contribution in [-0.2, 0) is 36.8 Å². The fourth-order valence-electron chi connectivity index (χ4n) is 5.74. The van der Waals surface area contributed by atoms with Crippen LogP contribution in [0.1, 0.15) is 33.5 Å². The smallest absolute Gasteiger partial charge is 0.411 e. The van der Waals surface area contributed by atoms with Gasteiger partial charge in [-0.1, -0.05) is 59.6 Å². The highest BCUT2D eigenvalue weighted by molar-refractivity contribution is 6.33. The summed E-state index contributed by atoms with van der Waals surface area (Å²) in [7, 11) is 6.35. The molecular formula is C42H44Cl2N6O6. The molecule has 292 valence electrons. The zero-order valence-corrected chi connectivity index (χ0v) is 34.0. The largest absolute Gasteiger partial charge is 0.489 e. The number of carbonyl (C=O) groups is 2. The molecule has 0 aliphatic carbocycles. The summed E-state index contributed by atoms with van der Waals surface area (Å²) in [6, 6.07) is 26.6. The maximum atomic E-state index is 11.5. The molecule has 14 heteroatoms. The third-order valence-corrected chi connectivity index (χ3v) is 9.98. The second-order valence-corrected chi connectivity index (χ2v) is 13.6. The number of methoxy groups -OCH3 is 2. The van der Waals surface area contributed by atoms with E-state index in [1.165, 1.54) is 14.2 Å². The quantitative estimate of drug-likeness (QED) is 0.140. The fraction of sp³-hybridized carbons (Fsp3) is 0.238. The molecule has 0 unspecified atom stereocenters. The van der Waals surface area contributed by atoms with Crippen LogP contribution in [0.5, 0.6) is 11.5 Å². The second-order valence-electron chi connectivity index (χ2n) is 12.8. The van der Waals surface area contributed by atoms with Crippen molar-refractivity contribution in [2.75, 3.05) is 24.9 Å². The number of carbonyl (C=O) groups excluding carboxylic acids is 2. The Morgan fingerprint density at radius 1 is 0.643 bits per heavy atom. The van der Waals surface area contributed by atoms with Crippen LogP contribution >= 0.6 is 23.2 Å². The number of benzene rings is 4. The fourth-order valence-corrected chi connectivity index (χ4v) is 6.13. The average molecular weight is 800 g/mol. The predicted octanol–water partition coefficient (Wildman–Crippen LogP) is 10.2. The molecule has 0 spiro atoms. The molecule has 0 radical (unpaired) electrons. The molecule has 56 heavy (non-hydrogen) atoms. The van der Waals surface area contributed by atoms with Crippen LogP contribution in [0.3, 0.4) is 0 Å². The van der Waals surface area contributed by atoms with Crippen molar-refractivity contribution in [2.45, 2.75) is 40.9 Å². The number of hydrogen-bond donors (Lipinski definition) is 2. The first-order valence-corrected chi connectivity index (χ1v) is 18.3. The predicted molar refractivity (Wildman–Crippen MR) is 220 cm³/mol. The van der Waals surface area contributed by atoms with Crippen molar-refractivity contribution in [3.8, 4) is 34.0 Å². The Kier molecular flexibility index (Phi) is 13.7. The lowest BCUT2D eigenvalue weighted by Gasteiger charge is -2.13. The number of ether oxygens (including phenoxy) is 4. The van der Waals surface area contributed by atoms with Gasteiger partial charge in [-0.25, -0.2) is 9.59 Å². The van der Waals surface area contributed by atoms with Crippen LogP contribution in [-0.4, -0.2) is 46.0 Å². The molecule has 6 aromatic rings. The molecule has 0 aliphatic heterocycles. The Balaban J connectivity index is 0.000000214. The van der Waals surface area contributed by atoms with Crippen LogP contribution in [0, 0.1) is 27.7 Å². The molecule has 0 fully saturated rings. The molecule has 2 aromatic heterocycles. The van der Waals surface area contributed by atoms with Gasteiger partial charge in [0.2, 0.25) is 0 Å². The molecule has 6 rings (SSSR count). The van der Waals surface area contributed by atoms with Gasteiger partial charge in [0.15, 0.2) is 0 Å². The Bertz CT molecular complexity index is 2190. The van der Waals surface area contributed by atoms with Crippen LogP contribution < -0.4 is 20.1 Å². The summed E-state index contributed by atoms with van der Waals surface area (Å²) < 4.78 is 24.7. The van der Waals surface area contributed by atoms with E-state index < -0.39 is 12.2 Å². The first-order valence-electron chi connectivity index (χ1n) is 17.5. The van der Waals surface area contributed by atoms with Crippen molar-refractivity contribution < 1.29 is 28.5 Å². The summed E-state index contributed by atoms with van der Waals surface area (Å²) in [5.74, 6) is 1.51. The van der Waals surface area contributed by atoms with Crippen molar-refractivity contribution in [3.05, 3.63) is 129 Å². The minimum atomic E-state index is -0.518. The topological polar surface area (TPSA) is 131 Å². The standard InChI is InChI=1S/2C21H22ClN3O3/c1-13-11-15(20-19(22)14(2)25(3)24-20)9-10-18(13)28-12-16-7-5-6-8-17(16)23-21(26)27-4;1-13-11-15(19-14(2)20(22)25(3)24-19)9-10-18(13)28-12-16-7-5-6-8-17(16)23-21(26)27-4/h2*5-11H,12H2,1-4H3,(H,23,26). The van der Waals surface area contributed by atoms with E-state index in [9.17, 15) is 9.59 Å². The summed E-state index contributed by atoms with van der Waals surface area (Å²) in [5, 5.41) is 15.6. The van der Waals surface area contributed by atoms with E-state index in [1.54, 1.807) is 21.5 Å². The molecule has 0 saturated heterocycles. The highest BCUT2D eigenvalue weighted by atomic mass is 35.5. The molecule has 0 aliphatic rings. The number of hydrogen-bond acceptors (Lipinski definition) is 8. The van der Waals surface area contributed by atoms with Crippen LogP contribution in [0.4, 0.5) is 21.0 Å². The molecule has 0 saturated carbocycles. The third-order valence-electron chi connectivity index (χ3n) is 9.00. The zero-order valence-electron chi connectivity index (χ0n) is 32.5. The number of para-hydroxylation sites is 2. The van der Waals surface area contributed by atoms with Gasteiger partial charge in [-0.3, -0.25) is 20.0 Å². The first kappa shape index (κ1) is 41.2. The zero-order chi connectivity index (χ0) is 40.5.